The van der Waals surface area contributed by atoms with E-state index in [-0.39, 0.29) is 31.0 Å². The fourth-order valence-electron chi connectivity index (χ4n) is 5.43. The van der Waals surface area contributed by atoms with Crippen LogP contribution in [0.15, 0.2) is 59.7 Å². The van der Waals surface area contributed by atoms with Crippen molar-refractivity contribution >= 4 is 12.1 Å². The maximum atomic E-state index is 13.8. The van der Waals surface area contributed by atoms with Gasteiger partial charge < -0.3 is 5.32 Å². The fraction of sp³-hybridized carbons (Fsp3) is 0.423. The maximum absolute atomic E-state index is 13.8. The highest BCUT2D eigenvalue weighted by Gasteiger charge is 2.58. The summed E-state index contributed by atoms with van der Waals surface area (Å²) < 4.78 is 41.4. The van der Waals surface area contributed by atoms with E-state index in [0.29, 0.717) is 18.5 Å². The van der Waals surface area contributed by atoms with E-state index in [1.165, 1.54) is 22.8 Å². The Kier molecular flexibility index (Phi) is 6.02. The second-order valence-electron chi connectivity index (χ2n) is 9.21. The van der Waals surface area contributed by atoms with Crippen LogP contribution in [0.3, 0.4) is 0 Å². The first-order valence-corrected chi connectivity index (χ1v) is 11.8. The quantitative estimate of drug-likeness (QED) is 0.690. The van der Waals surface area contributed by atoms with Gasteiger partial charge in [0.05, 0.1) is 6.04 Å². The Bertz CT molecular complexity index is 1110. The van der Waals surface area contributed by atoms with E-state index in [1.807, 2.05) is 18.2 Å². The monoisotopic (exact) mass is 468 g/mol. The SMILES string of the molecule is O=C(NC1CCCc2ccccc21)c1cc(C2CCN(C3(C(F)(F)F)C=CC=N3)CC2)ccn1. The van der Waals surface area contributed by atoms with Crippen molar-refractivity contribution in [2.24, 2.45) is 4.99 Å². The van der Waals surface area contributed by atoms with Gasteiger partial charge in [0.2, 0.25) is 5.66 Å². The van der Waals surface area contributed by atoms with Crippen molar-refractivity contribution in [1.29, 1.82) is 0 Å². The molecule has 1 aliphatic carbocycles. The molecule has 2 aliphatic heterocycles. The number of carbonyl (C=O) groups is 1. The summed E-state index contributed by atoms with van der Waals surface area (Å²) in [6.07, 6.45) is 4.90. The average molecular weight is 469 g/mol. The molecule has 1 aromatic heterocycles. The Labute approximate surface area is 196 Å². The molecule has 3 aliphatic rings. The van der Waals surface area contributed by atoms with Crippen molar-refractivity contribution in [1.82, 2.24) is 15.2 Å². The normalized spacial score (nSPS) is 25.3. The van der Waals surface area contributed by atoms with Crippen molar-refractivity contribution in [3.8, 4) is 0 Å². The van der Waals surface area contributed by atoms with Gasteiger partial charge in [-0.1, -0.05) is 24.3 Å². The van der Waals surface area contributed by atoms with Gasteiger partial charge >= 0.3 is 6.18 Å². The molecule has 3 heterocycles. The summed E-state index contributed by atoms with van der Waals surface area (Å²) in [6, 6.07) is 11.8. The molecule has 0 radical (unpaired) electrons. The minimum atomic E-state index is -4.47. The molecular weight excluding hydrogens is 441 g/mol. The number of allylic oxidation sites excluding steroid dienone is 1. The van der Waals surface area contributed by atoms with Gasteiger partial charge in [-0.2, -0.15) is 13.2 Å². The highest BCUT2D eigenvalue weighted by atomic mass is 19.4. The molecule has 0 saturated carbocycles. The lowest BCUT2D eigenvalue weighted by Crippen LogP contribution is -2.57. The van der Waals surface area contributed by atoms with E-state index in [9.17, 15) is 18.0 Å². The van der Waals surface area contributed by atoms with Crippen LogP contribution in [0.2, 0.25) is 0 Å². The van der Waals surface area contributed by atoms with Gasteiger partial charge in [-0.05, 0) is 79.0 Å². The largest absolute Gasteiger partial charge is 0.430 e. The summed E-state index contributed by atoms with van der Waals surface area (Å²) in [5.74, 6) is -0.150. The summed E-state index contributed by atoms with van der Waals surface area (Å²) in [5, 5.41) is 3.13. The Morgan fingerprint density at radius 2 is 1.91 bits per heavy atom. The molecule has 1 amide bonds. The smallest absolute Gasteiger partial charge is 0.344 e. The van der Waals surface area contributed by atoms with Crippen LogP contribution in [0.1, 0.15) is 64.8 Å². The summed E-state index contributed by atoms with van der Waals surface area (Å²) in [4.78, 5) is 22.5. The minimum absolute atomic E-state index is 0.0373. The van der Waals surface area contributed by atoms with Crippen LogP contribution in [0.25, 0.3) is 0 Å². The van der Waals surface area contributed by atoms with Crippen molar-refractivity contribution in [2.45, 2.75) is 55.9 Å². The Balaban J connectivity index is 1.26. The second kappa shape index (κ2) is 8.98. The van der Waals surface area contributed by atoms with Crippen molar-refractivity contribution in [2.75, 3.05) is 13.1 Å². The molecule has 5 rings (SSSR count). The molecule has 0 spiro atoms. The first kappa shape index (κ1) is 22.8. The van der Waals surface area contributed by atoms with E-state index >= 15 is 0 Å². The van der Waals surface area contributed by atoms with Gasteiger partial charge in [0.15, 0.2) is 0 Å². The van der Waals surface area contributed by atoms with Gasteiger partial charge in [0.25, 0.3) is 5.91 Å². The number of hydrogen-bond donors (Lipinski definition) is 1. The number of nitrogens with zero attached hydrogens (tertiary/aromatic N) is 3. The van der Waals surface area contributed by atoms with E-state index in [4.69, 9.17) is 0 Å². The number of benzene rings is 1. The number of nitrogens with one attached hydrogen (secondary N) is 1. The van der Waals surface area contributed by atoms with Crippen LogP contribution < -0.4 is 5.32 Å². The summed E-state index contributed by atoms with van der Waals surface area (Å²) in [6.45, 7) is 0.545. The maximum Gasteiger partial charge on any atom is 0.430 e. The highest BCUT2D eigenvalue weighted by molar-refractivity contribution is 5.92. The molecule has 2 aromatic rings. The molecule has 1 aromatic carbocycles. The summed E-state index contributed by atoms with van der Waals surface area (Å²) >= 11 is 0. The molecule has 178 valence electrons. The van der Waals surface area contributed by atoms with Crippen LogP contribution in [-0.4, -0.2) is 46.9 Å². The molecular formula is C26H27F3N4O. The fourth-order valence-corrected chi connectivity index (χ4v) is 5.43. The molecule has 1 saturated heterocycles. The minimum Gasteiger partial charge on any atom is -0.344 e. The number of likely N-dealkylation sites (tertiary alicyclic amines) is 1. The number of aryl methyl sites for hydroxylation is 1. The number of hydrogen-bond acceptors (Lipinski definition) is 4. The van der Waals surface area contributed by atoms with Crippen molar-refractivity contribution < 1.29 is 18.0 Å². The number of carbonyl (C=O) groups excluding carboxylic acids is 1. The standard InChI is InChI=1S/C26H27F3N4O/c27-26(28,29)25(12-4-13-31-25)33-15-10-18(11-16-33)20-9-14-30-23(17-20)24(34)32-22-8-3-6-19-5-1-2-7-21(19)22/h1-2,4-5,7,9,12-14,17-18,22H,3,6,8,10-11,15-16H2,(H,32,34). The van der Waals surface area contributed by atoms with Crippen molar-refractivity contribution in [3.63, 3.8) is 0 Å². The number of fused-ring (bicyclic) bond motifs is 1. The molecule has 1 N–H and O–H groups in total. The van der Waals surface area contributed by atoms with Gasteiger partial charge in [-0.15, -0.1) is 0 Å². The zero-order chi connectivity index (χ0) is 23.8. The molecule has 1 fully saturated rings. The number of piperidine rings is 1. The molecule has 5 nitrogen and oxygen atoms in total. The third-order valence-corrected chi connectivity index (χ3v) is 7.24. The number of amides is 1. The number of aromatic nitrogens is 1. The first-order valence-electron chi connectivity index (χ1n) is 11.8. The molecule has 2 atom stereocenters. The zero-order valence-corrected chi connectivity index (χ0v) is 18.8. The topological polar surface area (TPSA) is 57.6 Å². The second-order valence-corrected chi connectivity index (χ2v) is 9.21. The Hall–Kier alpha value is -3.00. The lowest BCUT2D eigenvalue weighted by Gasteiger charge is -2.42. The van der Waals surface area contributed by atoms with Crippen molar-refractivity contribution in [3.05, 3.63) is 77.1 Å². The number of alkyl halides is 3. The van der Waals surface area contributed by atoms with Crippen LogP contribution in [-0.2, 0) is 6.42 Å². The van der Waals surface area contributed by atoms with E-state index in [2.05, 4.69) is 27.4 Å². The van der Waals surface area contributed by atoms with E-state index < -0.39 is 11.8 Å². The first-order chi connectivity index (χ1) is 16.4. The number of halogens is 3. The molecule has 8 heteroatoms. The molecule has 0 bridgehead atoms. The van der Waals surface area contributed by atoms with Gasteiger partial charge in [-0.25, -0.2) is 0 Å². The predicted molar refractivity (Wildman–Crippen MR) is 124 cm³/mol. The lowest BCUT2D eigenvalue weighted by molar-refractivity contribution is -0.214. The van der Waals surface area contributed by atoms with Crippen LogP contribution >= 0.6 is 0 Å². The zero-order valence-electron chi connectivity index (χ0n) is 18.8. The van der Waals surface area contributed by atoms with Crippen LogP contribution in [0.5, 0.6) is 0 Å². The predicted octanol–water partition coefficient (Wildman–Crippen LogP) is 4.97. The molecule has 34 heavy (non-hydrogen) atoms. The Morgan fingerprint density at radius 1 is 1.12 bits per heavy atom. The van der Waals surface area contributed by atoms with Gasteiger partial charge in [0.1, 0.15) is 5.69 Å². The Morgan fingerprint density at radius 3 is 2.65 bits per heavy atom. The van der Waals surface area contributed by atoms with Crippen LogP contribution in [0.4, 0.5) is 13.2 Å². The number of rotatable bonds is 4. The van der Waals surface area contributed by atoms with Crippen LogP contribution in [0, 0.1) is 0 Å². The highest BCUT2D eigenvalue weighted by Crippen LogP contribution is 2.42. The third kappa shape index (κ3) is 4.15. The van der Waals surface area contributed by atoms with E-state index in [0.717, 1.165) is 36.5 Å². The van der Waals surface area contributed by atoms with Gasteiger partial charge in [0, 0.05) is 25.5 Å². The van der Waals surface area contributed by atoms with Gasteiger partial charge in [-0.3, -0.25) is 19.7 Å². The van der Waals surface area contributed by atoms with E-state index in [1.54, 1.807) is 12.3 Å². The number of aliphatic imine (C=N–C) groups is 1. The number of pyridine rings is 1. The lowest BCUT2D eigenvalue weighted by atomic mass is 9.87. The third-order valence-electron chi connectivity index (χ3n) is 7.24. The summed E-state index contributed by atoms with van der Waals surface area (Å²) in [7, 11) is 0. The summed E-state index contributed by atoms with van der Waals surface area (Å²) in [5.41, 5.74) is 1.46. The average Bonchev–Trinajstić information content (AvgIpc) is 3.36. The molecule has 2 unspecified atom stereocenters.